The number of rotatable bonds is 10. The Bertz CT molecular complexity index is 493. The first-order chi connectivity index (χ1) is 10.4. The minimum Gasteiger partial charge on any atom is -0.481 e. The summed E-state index contributed by atoms with van der Waals surface area (Å²) in [5.74, 6) is -3.13. The molecule has 6 nitrogen and oxygen atoms in total. The molecule has 0 aliphatic rings. The highest BCUT2D eigenvalue weighted by Gasteiger charge is 2.24. The molecule has 1 aromatic carbocycles. The molecule has 0 amide bonds. The largest absolute Gasteiger partial charge is 0.481 e. The average Bonchev–Trinajstić information content (AvgIpc) is 2.48. The Morgan fingerprint density at radius 2 is 1.82 bits per heavy atom. The van der Waals surface area contributed by atoms with Crippen LogP contribution in [0.5, 0.6) is 0 Å². The minimum absolute atomic E-state index is 0.124. The molecule has 122 valence electrons. The summed E-state index contributed by atoms with van der Waals surface area (Å²) >= 11 is 0. The summed E-state index contributed by atoms with van der Waals surface area (Å²) < 4.78 is 12.0. The van der Waals surface area contributed by atoms with Gasteiger partial charge in [0.1, 0.15) is 6.04 Å². The van der Waals surface area contributed by atoms with Crippen molar-refractivity contribution in [2.45, 2.75) is 25.3 Å². The van der Waals surface area contributed by atoms with Gasteiger partial charge in [0.05, 0.1) is 12.6 Å². The highest BCUT2D eigenvalue weighted by Crippen LogP contribution is 2.17. The summed E-state index contributed by atoms with van der Waals surface area (Å²) in [5.41, 5.74) is 7.00. The van der Waals surface area contributed by atoms with Crippen LogP contribution >= 0.6 is 0 Å². The number of carbonyl (C=O) groups is 2. The van der Waals surface area contributed by atoms with Gasteiger partial charge in [0.2, 0.25) is 0 Å². The Balaban J connectivity index is 2.62. The molecule has 0 spiro atoms. The zero-order chi connectivity index (χ0) is 16.5. The molecule has 7 heteroatoms. The van der Waals surface area contributed by atoms with Crippen molar-refractivity contribution < 1.29 is 24.2 Å². The van der Waals surface area contributed by atoms with Crippen LogP contribution in [0.15, 0.2) is 24.3 Å². The molecule has 0 saturated heterocycles. The zero-order valence-corrected chi connectivity index (χ0v) is 12.2. The molecule has 22 heavy (non-hydrogen) atoms. The lowest BCUT2D eigenvalue weighted by Crippen LogP contribution is -2.35. The van der Waals surface area contributed by atoms with Crippen molar-refractivity contribution in [2.24, 2.45) is 11.7 Å². The number of hydrogen-bond acceptors (Lipinski definition) is 4. The number of nitrogens with two attached hydrogens (primary N) is 1. The fourth-order valence-corrected chi connectivity index (χ4v) is 2.02. The quantitative estimate of drug-likeness (QED) is 0.487. The van der Waals surface area contributed by atoms with Gasteiger partial charge in [-0.15, -0.1) is 0 Å². The van der Waals surface area contributed by atoms with Crippen molar-refractivity contribution in [3.8, 4) is 0 Å². The number of benzene rings is 1. The van der Waals surface area contributed by atoms with Crippen molar-refractivity contribution in [2.75, 3.05) is 18.5 Å². The maximum atomic E-state index is 12.0. The van der Waals surface area contributed by atoms with E-state index in [-0.39, 0.29) is 19.5 Å². The lowest BCUT2D eigenvalue weighted by atomic mass is 9.93. The third-order valence-electron chi connectivity index (χ3n) is 3.28. The number of nitrogens with one attached hydrogen (secondary N) is 1. The topological polar surface area (TPSA) is 113 Å². The van der Waals surface area contributed by atoms with Crippen LogP contribution in [0.3, 0.4) is 0 Å². The highest BCUT2D eigenvalue weighted by atomic mass is 19.1. The number of halogens is 1. The summed E-state index contributed by atoms with van der Waals surface area (Å²) in [6, 6.07) is 5.90. The van der Waals surface area contributed by atoms with E-state index in [4.69, 9.17) is 15.9 Å². The molecular formula is C15H21FN2O4. The number of aliphatic carboxylic acids is 2. The van der Waals surface area contributed by atoms with Crippen LogP contribution < -0.4 is 11.1 Å². The summed E-state index contributed by atoms with van der Waals surface area (Å²) in [6.45, 7) is 0.149. The van der Waals surface area contributed by atoms with Gasteiger partial charge >= 0.3 is 11.9 Å². The van der Waals surface area contributed by atoms with Crippen LogP contribution in [0.25, 0.3) is 0 Å². The second kappa shape index (κ2) is 8.99. The Morgan fingerprint density at radius 3 is 2.32 bits per heavy atom. The smallest absolute Gasteiger partial charge is 0.320 e. The number of anilines is 1. The summed E-state index contributed by atoms with van der Waals surface area (Å²) in [6.07, 6.45) is 0.512. The number of hydrogen-bond donors (Lipinski definition) is 4. The molecule has 2 atom stereocenters. The van der Waals surface area contributed by atoms with Gasteiger partial charge in [-0.25, -0.2) is 0 Å². The average molecular weight is 312 g/mol. The molecule has 0 aliphatic heterocycles. The Hall–Kier alpha value is -2.15. The first-order valence-corrected chi connectivity index (χ1v) is 7.04. The lowest BCUT2D eigenvalue weighted by molar-refractivity contribution is -0.143. The van der Waals surface area contributed by atoms with Gasteiger partial charge in [0.25, 0.3) is 0 Å². The highest BCUT2D eigenvalue weighted by molar-refractivity contribution is 5.76. The molecule has 0 bridgehead atoms. The molecule has 0 fully saturated rings. The van der Waals surface area contributed by atoms with Crippen molar-refractivity contribution in [3.63, 3.8) is 0 Å². The maximum Gasteiger partial charge on any atom is 0.320 e. The molecule has 1 aromatic rings. The zero-order valence-electron chi connectivity index (χ0n) is 12.2. The predicted molar refractivity (Wildman–Crippen MR) is 80.6 cm³/mol. The van der Waals surface area contributed by atoms with E-state index < -0.39 is 23.9 Å². The second-order valence-electron chi connectivity index (χ2n) is 5.09. The van der Waals surface area contributed by atoms with Crippen LogP contribution in [0.4, 0.5) is 10.1 Å². The van der Waals surface area contributed by atoms with Gasteiger partial charge in [-0.2, -0.15) is 0 Å². The number of carboxylic acids is 2. The van der Waals surface area contributed by atoms with Crippen LogP contribution in [0, 0.1) is 5.92 Å². The third-order valence-corrected chi connectivity index (χ3v) is 3.28. The second-order valence-corrected chi connectivity index (χ2v) is 5.09. The monoisotopic (exact) mass is 312 g/mol. The molecule has 0 heterocycles. The number of carboxylic acid groups (broad SMARTS) is 2. The SMILES string of the molecule is N[C@@H](C[C@H](Cc1ccc(NCCCF)cc1)C(=O)O)C(=O)O. The van der Waals surface area contributed by atoms with Gasteiger partial charge in [0.15, 0.2) is 0 Å². The fraction of sp³-hybridized carbons (Fsp3) is 0.467. The standard InChI is InChI=1S/C15H21FN2O4/c16-6-1-7-18-12-4-2-10(3-5-12)8-11(14(19)20)9-13(17)15(21)22/h2-5,11,13,18H,1,6-9,17H2,(H,19,20)(H,21,22)/t11-,13-/m0/s1. The van der Waals surface area contributed by atoms with Crippen molar-refractivity contribution in [3.05, 3.63) is 29.8 Å². The van der Waals surface area contributed by atoms with Gasteiger partial charge in [0, 0.05) is 12.2 Å². The van der Waals surface area contributed by atoms with E-state index in [1.807, 2.05) is 0 Å². The normalized spacial score (nSPS) is 13.4. The Morgan fingerprint density at radius 1 is 1.18 bits per heavy atom. The maximum absolute atomic E-state index is 12.0. The van der Waals surface area contributed by atoms with Gasteiger partial charge in [-0.05, 0) is 37.0 Å². The lowest BCUT2D eigenvalue weighted by Gasteiger charge is -2.15. The molecule has 1 rings (SSSR count). The van der Waals surface area contributed by atoms with Gasteiger partial charge < -0.3 is 21.3 Å². The van der Waals surface area contributed by atoms with Crippen molar-refractivity contribution in [1.82, 2.24) is 0 Å². The van der Waals surface area contributed by atoms with Crippen LogP contribution in [0.2, 0.25) is 0 Å². The van der Waals surface area contributed by atoms with E-state index in [1.54, 1.807) is 24.3 Å². The molecule has 0 unspecified atom stereocenters. The van der Waals surface area contributed by atoms with Crippen molar-refractivity contribution >= 4 is 17.6 Å². The van der Waals surface area contributed by atoms with E-state index in [1.165, 1.54) is 0 Å². The summed E-state index contributed by atoms with van der Waals surface area (Å²) in [7, 11) is 0. The Kier molecular flexibility index (Phi) is 7.31. The summed E-state index contributed by atoms with van der Waals surface area (Å²) in [4.78, 5) is 21.9. The van der Waals surface area contributed by atoms with Crippen LogP contribution in [-0.2, 0) is 16.0 Å². The van der Waals surface area contributed by atoms with Gasteiger partial charge in [-0.3, -0.25) is 14.0 Å². The van der Waals surface area contributed by atoms with Gasteiger partial charge in [-0.1, -0.05) is 12.1 Å². The summed E-state index contributed by atoms with van der Waals surface area (Å²) in [5, 5.41) is 21.0. The molecule has 0 saturated carbocycles. The first-order valence-electron chi connectivity index (χ1n) is 7.04. The molecule has 0 aromatic heterocycles. The van der Waals surface area contributed by atoms with E-state index in [0.717, 1.165) is 11.3 Å². The van der Waals surface area contributed by atoms with Crippen LogP contribution in [-0.4, -0.2) is 41.4 Å². The molecule has 0 radical (unpaired) electrons. The molecule has 0 aliphatic carbocycles. The first kappa shape index (κ1) is 17.9. The Labute approximate surface area is 128 Å². The van der Waals surface area contributed by atoms with Crippen molar-refractivity contribution in [1.29, 1.82) is 0 Å². The fourth-order valence-electron chi connectivity index (χ4n) is 2.02. The van der Waals surface area contributed by atoms with Crippen LogP contribution in [0.1, 0.15) is 18.4 Å². The van der Waals surface area contributed by atoms with E-state index in [0.29, 0.717) is 13.0 Å². The third kappa shape index (κ3) is 6.09. The number of alkyl halides is 1. The van der Waals surface area contributed by atoms with E-state index >= 15 is 0 Å². The molecular weight excluding hydrogens is 291 g/mol. The van der Waals surface area contributed by atoms with E-state index in [2.05, 4.69) is 5.32 Å². The predicted octanol–water partition coefficient (Wildman–Crippen LogP) is 1.50. The van der Waals surface area contributed by atoms with E-state index in [9.17, 15) is 14.0 Å². The minimum atomic E-state index is -1.21. The molecule has 5 N–H and O–H groups in total.